The van der Waals surface area contributed by atoms with Crippen LogP contribution in [-0.2, 0) is 9.53 Å². The fourth-order valence-corrected chi connectivity index (χ4v) is 3.36. The lowest BCUT2D eigenvalue weighted by molar-refractivity contribution is -0.141. The third-order valence-corrected chi connectivity index (χ3v) is 4.44. The maximum atomic E-state index is 11.6. The third kappa shape index (κ3) is 4.36. The van der Waals surface area contributed by atoms with Gasteiger partial charge in [0.2, 0.25) is 0 Å². The number of esters is 1. The van der Waals surface area contributed by atoms with Crippen molar-refractivity contribution >= 4 is 5.97 Å². The highest BCUT2D eigenvalue weighted by Crippen LogP contribution is 2.32. The summed E-state index contributed by atoms with van der Waals surface area (Å²) in [6, 6.07) is 0. The molecule has 4 atom stereocenters. The van der Waals surface area contributed by atoms with Gasteiger partial charge in [-0.25, -0.2) is 4.79 Å². The van der Waals surface area contributed by atoms with E-state index in [0.717, 1.165) is 23.5 Å². The summed E-state index contributed by atoms with van der Waals surface area (Å²) in [5.41, 5.74) is 1.94. The lowest BCUT2D eigenvalue weighted by atomic mass is 9.84. The van der Waals surface area contributed by atoms with E-state index in [-0.39, 0.29) is 12.1 Å². The normalized spacial score (nSPS) is 24.3. The van der Waals surface area contributed by atoms with Gasteiger partial charge in [-0.3, -0.25) is 0 Å². The van der Waals surface area contributed by atoms with Crippen LogP contribution in [0.25, 0.3) is 0 Å². The molecule has 0 saturated heterocycles. The van der Waals surface area contributed by atoms with Gasteiger partial charge in [0.05, 0.1) is 0 Å². The van der Waals surface area contributed by atoms with Crippen molar-refractivity contribution in [1.29, 1.82) is 0 Å². The topological polar surface area (TPSA) is 26.3 Å². The molecule has 1 aliphatic heterocycles. The first kappa shape index (κ1) is 16.3. The van der Waals surface area contributed by atoms with Crippen molar-refractivity contribution < 1.29 is 9.53 Å². The van der Waals surface area contributed by atoms with Gasteiger partial charge in [0, 0.05) is 5.57 Å². The summed E-state index contributed by atoms with van der Waals surface area (Å²) in [5.74, 6) is 1.80. The third-order valence-electron chi connectivity index (χ3n) is 4.44. The molecule has 0 unspecified atom stereocenters. The van der Waals surface area contributed by atoms with Crippen LogP contribution < -0.4 is 0 Å². The molecule has 0 aliphatic carbocycles. The maximum absolute atomic E-state index is 11.6. The SMILES string of the molecule is CCC[C@@H](C)C[C@@H](C)C[C@@H](C)[C@@H]1OC(=O)C(C)=C1C. The second-order valence-corrected chi connectivity index (χ2v) is 6.58. The number of cyclic esters (lactones) is 1. The van der Waals surface area contributed by atoms with Crippen molar-refractivity contribution in [3.63, 3.8) is 0 Å². The molecule has 1 heterocycles. The zero-order valence-corrected chi connectivity index (χ0v) is 13.5. The van der Waals surface area contributed by atoms with Crippen LogP contribution in [0.2, 0.25) is 0 Å². The minimum Gasteiger partial charge on any atom is -0.454 e. The predicted molar refractivity (Wildman–Crippen MR) is 79.9 cm³/mol. The first-order valence-corrected chi connectivity index (χ1v) is 7.75. The standard InChI is InChI=1S/C17H30O2/c1-7-8-11(2)9-12(3)10-13(4)16-14(5)15(6)17(18)19-16/h11-13,16H,7-10H2,1-6H3/t11-,12-,13-,16+/m1/s1. The summed E-state index contributed by atoms with van der Waals surface area (Å²) < 4.78 is 5.49. The second-order valence-electron chi connectivity index (χ2n) is 6.58. The van der Waals surface area contributed by atoms with Crippen molar-refractivity contribution in [2.24, 2.45) is 17.8 Å². The smallest absolute Gasteiger partial charge is 0.334 e. The van der Waals surface area contributed by atoms with Crippen molar-refractivity contribution in [1.82, 2.24) is 0 Å². The number of carbonyl (C=O) groups excluding carboxylic acids is 1. The van der Waals surface area contributed by atoms with E-state index in [1.165, 1.54) is 19.3 Å². The number of carbonyl (C=O) groups is 1. The van der Waals surface area contributed by atoms with Crippen molar-refractivity contribution in [2.45, 2.75) is 73.3 Å². The fourth-order valence-electron chi connectivity index (χ4n) is 3.36. The van der Waals surface area contributed by atoms with E-state index in [9.17, 15) is 4.79 Å². The largest absolute Gasteiger partial charge is 0.454 e. The van der Waals surface area contributed by atoms with E-state index in [0.29, 0.717) is 11.8 Å². The van der Waals surface area contributed by atoms with Gasteiger partial charge in [-0.1, -0.05) is 40.5 Å². The summed E-state index contributed by atoms with van der Waals surface area (Å²) in [5, 5.41) is 0. The van der Waals surface area contributed by atoms with Crippen molar-refractivity contribution in [3.05, 3.63) is 11.1 Å². The Balaban J connectivity index is 2.47. The molecule has 0 spiro atoms. The summed E-state index contributed by atoms with van der Waals surface area (Å²) in [7, 11) is 0. The van der Waals surface area contributed by atoms with Crippen LogP contribution >= 0.6 is 0 Å². The van der Waals surface area contributed by atoms with Gasteiger partial charge in [-0.15, -0.1) is 0 Å². The molecule has 0 saturated carbocycles. The highest BCUT2D eigenvalue weighted by Gasteiger charge is 2.33. The molecular weight excluding hydrogens is 236 g/mol. The highest BCUT2D eigenvalue weighted by molar-refractivity contribution is 5.91. The molecule has 0 radical (unpaired) electrons. The van der Waals surface area contributed by atoms with Crippen LogP contribution in [0.15, 0.2) is 11.1 Å². The van der Waals surface area contributed by atoms with Gasteiger partial charge in [-0.05, 0) is 50.0 Å². The maximum Gasteiger partial charge on any atom is 0.334 e. The molecule has 19 heavy (non-hydrogen) atoms. The minimum atomic E-state index is -0.124. The summed E-state index contributed by atoms with van der Waals surface area (Å²) in [6.45, 7) is 13.0. The Morgan fingerprint density at radius 2 is 1.74 bits per heavy atom. The molecule has 0 fully saturated rings. The van der Waals surface area contributed by atoms with Gasteiger partial charge >= 0.3 is 5.97 Å². The first-order chi connectivity index (χ1) is 8.86. The fraction of sp³-hybridized carbons (Fsp3) is 0.824. The van der Waals surface area contributed by atoms with Gasteiger partial charge in [0.25, 0.3) is 0 Å². The molecule has 0 aromatic heterocycles. The van der Waals surface area contributed by atoms with E-state index < -0.39 is 0 Å². The van der Waals surface area contributed by atoms with Crippen LogP contribution in [0.3, 0.4) is 0 Å². The molecule has 2 heteroatoms. The molecule has 110 valence electrons. The van der Waals surface area contributed by atoms with Gasteiger partial charge in [-0.2, -0.15) is 0 Å². The van der Waals surface area contributed by atoms with E-state index in [2.05, 4.69) is 27.7 Å². The van der Waals surface area contributed by atoms with Crippen molar-refractivity contribution in [2.75, 3.05) is 0 Å². The van der Waals surface area contributed by atoms with E-state index >= 15 is 0 Å². The Morgan fingerprint density at radius 1 is 1.11 bits per heavy atom. The van der Waals surface area contributed by atoms with E-state index in [1.807, 2.05) is 13.8 Å². The quantitative estimate of drug-likeness (QED) is 0.622. The Kier molecular flexibility index (Phi) is 6.09. The highest BCUT2D eigenvalue weighted by atomic mass is 16.5. The van der Waals surface area contributed by atoms with E-state index in [1.54, 1.807) is 0 Å². The molecule has 0 bridgehead atoms. The number of hydrogen-bond acceptors (Lipinski definition) is 2. The lowest BCUT2D eigenvalue weighted by Crippen LogP contribution is -2.22. The lowest BCUT2D eigenvalue weighted by Gasteiger charge is -2.24. The Labute approximate surface area is 118 Å². The molecule has 0 N–H and O–H groups in total. The van der Waals surface area contributed by atoms with Crippen LogP contribution in [0.5, 0.6) is 0 Å². The first-order valence-electron chi connectivity index (χ1n) is 7.75. The number of hydrogen-bond donors (Lipinski definition) is 0. The van der Waals surface area contributed by atoms with Crippen LogP contribution in [0.4, 0.5) is 0 Å². The van der Waals surface area contributed by atoms with Crippen molar-refractivity contribution in [3.8, 4) is 0 Å². The van der Waals surface area contributed by atoms with Gasteiger partial charge < -0.3 is 4.74 Å². The zero-order valence-electron chi connectivity index (χ0n) is 13.5. The molecular formula is C17H30O2. The average molecular weight is 266 g/mol. The minimum absolute atomic E-state index is 0.0106. The Bertz CT molecular complexity index is 343. The van der Waals surface area contributed by atoms with Crippen LogP contribution in [-0.4, -0.2) is 12.1 Å². The zero-order chi connectivity index (χ0) is 14.6. The molecule has 1 aliphatic rings. The Morgan fingerprint density at radius 3 is 2.21 bits per heavy atom. The Hall–Kier alpha value is -0.790. The second kappa shape index (κ2) is 7.12. The molecule has 0 amide bonds. The van der Waals surface area contributed by atoms with Crippen LogP contribution in [0, 0.1) is 17.8 Å². The molecule has 0 aromatic rings. The molecule has 0 aromatic carbocycles. The molecule has 1 rings (SSSR count). The van der Waals surface area contributed by atoms with E-state index in [4.69, 9.17) is 4.74 Å². The van der Waals surface area contributed by atoms with Gasteiger partial charge in [0.15, 0.2) is 0 Å². The van der Waals surface area contributed by atoms with Crippen LogP contribution in [0.1, 0.15) is 67.2 Å². The predicted octanol–water partition coefficient (Wildman–Crippen LogP) is 4.74. The number of ether oxygens (including phenoxy) is 1. The summed E-state index contributed by atoms with van der Waals surface area (Å²) in [6.07, 6.45) is 5.01. The molecule has 2 nitrogen and oxygen atoms in total. The summed E-state index contributed by atoms with van der Waals surface area (Å²) in [4.78, 5) is 11.6. The average Bonchev–Trinajstić information content (AvgIpc) is 2.57. The van der Waals surface area contributed by atoms with Gasteiger partial charge in [0.1, 0.15) is 6.10 Å². The monoisotopic (exact) mass is 266 g/mol. The number of rotatable bonds is 7. The summed E-state index contributed by atoms with van der Waals surface area (Å²) >= 11 is 0.